The Hall–Kier alpha value is -3.96. The summed E-state index contributed by atoms with van der Waals surface area (Å²) in [6.45, 7) is -1.55. The molecule has 3 aromatic rings. The zero-order chi connectivity index (χ0) is 22.2. The molecular weight excluding hydrogens is 415 g/mol. The minimum absolute atomic E-state index is 0.0522. The Morgan fingerprint density at radius 1 is 1.10 bits per heavy atom. The van der Waals surface area contributed by atoms with Crippen molar-refractivity contribution in [2.24, 2.45) is 0 Å². The molecule has 9 nitrogen and oxygen atoms in total. The van der Waals surface area contributed by atoms with E-state index < -0.39 is 24.7 Å². The molecule has 1 aromatic carbocycles. The van der Waals surface area contributed by atoms with Gasteiger partial charge in [0.25, 0.3) is 11.8 Å². The van der Waals surface area contributed by atoms with Gasteiger partial charge in [0.1, 0.15) is 0 Å². The summed E-state index contributed by atoms with van der Waals surface area (Å²) >= 11 is 0. The first kappa shape index (κ1) is 20.3. The standard InChI is InChI=1S/C19H16F3N7O2/c20-19(21,22)8-31-17-15(23)25-7-14(28-17)10-4-2-1-3-9(10)12-5-13-11(16(30)27-12)6-26-18(24)29-13/h1-4,6-7,12H,5,8H2,(H2,23,25)(H,27,30)(H2,24,26,29). The summed E-state index contributed by atoms with van der Waals surface area (Å²) in [5, 5.41) is 2.88. The third kappa shape index (κ3) is 4.32. The third-order valence-electron chi connectivity index (χ3n) is 4.59. The second kappa shape index (κ2) is 7.70. The highest BCUT2D eigenvalue weighted by atomic mass is 19.4. The third-order valence-corrected chi connectivity index (χ3v) is 4.59. The molecule has 3 heterocycles. The van der Waals surface area contributed by atoms with Crippen molar-refractivity contribution < 1.29 is 22.7 Å². The average Bonchev–Trinajstić information content (AvgIpc) is 2.72. The van der Waals surface area contributed by atoms with Crippen LogP contribution in [-0.4, -0.2) is 38.6 Å². The fourth-order valence-electron chi connectivity index (χ4n) is 3.25. The molecule has 5 N–H and O–H groups in total. The summed E-state index contributed by atoms with van der Waals surface area (Å²) < 4.78 is 42.3. The fourth-order valence-corrected chi connectivity index (χ4v) is 3.25. The number of carbonyl (C=O) groups is 1. The van der Waals surface area contributed by atoms with Crippen LogP contribution in [0.2, 0.25) is 0 Å². The Bertz CT molecular complexity index is 1150. The largest absolute Gasteiger partial charge is 0.465 e. The lowest BCUT2D eigenvalue weighted by Gasteiger charge is -2.26. The number of halogens is 3. The Morgan fingerprint density at radius 2 is 1.87 bits per heavy atom. The number of nitrogens with two attached hydrogens (primary N) is 2. The molecule has 2 aromatic heterocycles. The molecule has 0 aliphatic carbocycles. The van der Waals surface area contributed by atoms with Gasteiger partial charge in [-0.2, -0.15) is 13.2 Å². The van der Waals surface area contributed by atoms with Crippen LogP contribution in [0.25, 0.3) is 11.3 Å². The molecule has 1 aliphatic heterocycles. The lowest BCUT2D eigenvalue weighted by molar-refractivity contribution is -0.154. The molecule has 1 atom stereocenters. The summed E-state index contributed by atoms with van der Waals surface area (Å²) in [6.07, 6.45) is -1.52. The van der Waals surface area contributed by atoms with E-state index in [0.717, 1.165) is 0 Å². The second-order valence-electron chi connectivity index (χ2n) is 6.76. The van der Waals surface area contributed by atoms with Crippen LogP contribution in [0, 0.1) is 0 Å². The number of aromatic nitrogens is 4. The van der Waals surface area contributed by atoms with Gasteiger partial charge in [0.2, 0.25) is 5.95 Å². The molecule has 1 unspecified atom stereocenters. The monoisotopic (exact) mass is 431 g/mol. The number of rotatable bonds is 4. The maximum Gasteiger partial charge on any atom is 0.422 e. The van der Waals surface area contributed by atoms with Gasteiger partial charge in [-0.05, 0) is 5.56 Å². The maximum absolute atomic E-state index is 12.5. The highest BCUT2D eigenvalue weighted by Gasteiger charge is 2.30. The maximum atomic E-state index is 12.5. The van der Waals surface area contributed by atoms with Gasteiger partial charge in [-0.15, -0.1) is 0 Å². The van der Waals surface area contributed by atoms with Gasteiger partial charge in [0.05, 0.1) is 29.2 Å². The van der Waals surface area contributed by atoms with Crippen LogP contribution in [0.5, 0.6) is 5.88 Å². The lowest BCUT2D eigenvalue weighted by atomic mass is 9.91. The molecule has 0 fully saturated rings. The Morgan fingerprint density at radius 3 is 2.65 bits per heavy atom. The van der Waals surface area contributed by atoms with E-state index in [2.05, 4.69) is 25.3 Å². The van der Waals surface area contributed by atoms with E-state index >= 15 is 0 Å². The van der Waals surface area contributed by atoms with Crippen molar-refractivity contribution in [3.63, 3.8) is 0 Å². The van der Waals surface area contributed by atoms with Gasteiger partial charge in [-0.25, -0.2) is 19.9 Å². The number of amides is 1. The smallest absolute Gasteiger partial charge is 0.422 e. The Labute approximate surface area is 173 Å². The average molecular weight is 431 g/mol. The van der Waals surface area contributed by atoms with E-state index in [1.165, 1.54) is 12.4 Å². The predicted octanol–water partition coefficient (Wildman–Crippen LogP) is 2.07. The fraction of sp³-hybridized carbons (Fsp3) is 0.211. The van der Waals surface area contributed by atoms with Crippen molar-refractivity contribution in [2.45, 2.75) is 18.6 Å². The molecule has 1 amide bonds. The lowest BCUT2D eigenvalue weighted by Crippen LogP contribution is -2.36. The summed E-state index contributed by atoms with van der Waals surface area (Å²) in [7, 11) is 0. The van der Waals surface area contributed by atoms with Crippen molar-refractivity contribution in [1.29, 1.82) is 0 Å². The topological polar surface area (TPSA) is 142 Å². The van der Waals surface area contributed by atoms with Crippen LogP contribution in [0.1, 0.15) is 27.7 Å². The number of fused-ring (bicyclic) bond motifs is 1. The van der Waals surface area contributed by atoms with E-state index in [4.69, 9.17) is 16.2 Å². The van der Waals surface area contributed by atoms with E-state index in [1.54, 1.807) is 24.3 Å². The minimum atomic E-state index is -4.55. The number of alkyl halides is 3. The van der Waals surface area contributed by atoms with Gasteiger partial charge in [0, 0.05) is 18.2 Å². The molecule has 0 spiro atoms. The van der Waals surface area contributed by atoms with Crippen LogP contribution < -0.4 is 21.5 Å². The molecule has 0 radical (unpaired) electrons. The molecule has 31 heavy (non-hydrogen) atoms. The van der Waals surface area contributed by atoms with Crippen molar-refractivity contribution >= 4 is 17.7 Å². The summed E-state index contributed by atoms with van der Waals surface area (Å²) in [6, 6.07) is 6.49. The van der Waals surface area contributed by atoms with Crippen LogP contribution in [-0.2, 0) is 6.42 Å². The van der Waals surface area contributed by atoms with Crippen molar-refractivity contribution in [3.8, 4) is 17.1 Å². The first-order valence-electron chi connectivity index (χ1n) is 9.05. The summed E-state index contributed by atoms with van der Waals surface area (Å²) in [5.74, 6) is -1.00. The molecule has 160 valence electrons. The normalized spacial score (nSPS) is 15.8. The van der Waals surface area contributed by atoms with Crippen LogP contribution >= 0.6 is 0 Å². The minimum Gasteiger partial charge on any atom is -0.465 e. The predicted molar refractivity (Wildman–Crippen MR) is 104 cm³/mol. The van der Waals surface area contributed by atoms with Crippen molar-refractivity contribution in [3.05, 3.63) is 53.5 Å². The number of benzene rings is 1. The zero-order valence-electron chi connectivity index (χ0n) is 15.8. The van der Waals surface area contributed by atoms with Gasteiger partial charge in [-0.3, -0.25) is 4.79 Å². The second-order valence-corrected chi connectivity index (χ2v) is 6.76. The molecule has 1 aliphatic rings. The first-order valence-corrected chi connectivity index (χ1v) is 9.05. The van der Waals surface area contributed by atoms with Gasteiger partial charge >= 0.3 is 6.18 Å². The molecular formula is C19H16F3N7O2. The van der Waals surface area contributed by atoms with Crippen molar-refractivity contribution in [1.82, 2.24) is 25.3 Å². The number of nitrogens with one attached hydrogen (secondary N) is 1. The molecule has 4 rings (SSSR count). The summed E-state index contributed by atoms with van der Waals surface area (Å²) in [5.41, 5.74) is 13.5. The van der Waals surface area contributed by atoms with E-state index in [9.17, 15) is 18.0 Å². The number of nitrogens with zero attached hydrogens (tertiary/aromatic N) is 4. The van der Waals surface area contributed by atoms with Gasteiger partial charge < -0.3 is 21.5 Å². The molecule has 12 heteroatoms. The van der Waals surface area contributed by atoms with E-state index in [1.807, 2.05) is 0 Å². The first-order chi connectivity index (χ1) is 14.7. The number of carbonyl (C=O) groups excluding carboxylic acids is 1. The number of ether oxygens (including phenoxy) is 1. The van der Waals surface area contributed by atoms with E-state index in [0.29, 0.717) is 28.8 Å². The molecule has 0 bridgehead atoms. The van der Waals surface area contributed by atoms with Gasteiger partial charge in [0.15, 0.2) is 12.4 Å². The Balaban J connectivity index is 1.69. The molecule has 0 saturated heterocycles. The number of hydrogen-bond donors (Lipinski definition) is 3. The Kier molecular flexibility index (Phi) is 5.05. The van der Waals surface area contributed by atoms with Crippen LogP contribution in [0.4, 0.5) is 24.9 Å². The number of nitrogen functional groups attached to an aromatic ring is 2. The highest BCUT2D eigenvalue weighted by molar-refractivity contribution is 5.96. The zero-order valence-corrected chi connectivity index (χ0v) is 15.8. The van der Waals surface area contributed by atoms with Gasteiger partial charge in [-0.1, -0.05) is 24.3 Å². The number of anilines is 2. The van der Waals surface area contributed by atoms with Crippen LogP contribution in [0.15, 0.2) is 36.7 Å². The summed E-state index contributed by atoms with van der Waals surface area (Å²) in [4.78, 5) is 28.5. The van der Waals surface area contributed by atoms with Crippen molar-refractivity contribution in [2.75, 3.05) is 18.1 Å². The highest BCUT2D eigenvalue weighted by Crippen LogP contribution is 2.33. The quantitative estimate of drug-likeness (QED) is 0.570. The van der Waals surface area contributed by atoms with Crippen LogP contribution in [0.3, 0.4) is 0 Å². The molecule has 0 saturated carbocycles. The SMILES string of the molecule is Nc1ncc2c(n1)CC(c1ccccc1-c1cnc(N)c(OCC(F)(F)F)n1)NC2=O. The van der Waals surface area contributed by atoms with E-state index in [-0.39, 0.29) is 23.4 Å². The number of hydrogen-bond acceptors (Lipinski definition) is 8.